The quantitative estimate of drug-likeness (QED) is 0.484. The summed E-state index contributed by atoms with van der Waals surface area (Å²) in [5.41, 5.74) is 0. The lowest BCUT2D eigenvalue weighted by Crippen LogP contribution is -2.09. The molecule has 0 bridgehead atoms. The van der Waals surface area contributed by atoms with Crippen LogP contribution in [0.15, 0.2) is 0 Å². The maximum absolute atomic E-state index is 9.76. The maximum atomic E-state index is 9.76. The Hall–Kier alpha value is 0.110. The topological polar surface area (TPSA) is 20.3 Å². The zero-order chi connectivity index (χ0) is 4.99. The van der Waals surface area contributed by atoms with Gasteiger partial charge in [0.25, 0.3) is 0 Å². The van der Waals surface area contributed by atoms with Gasteiger partial charge >= 0.3 is 0 Å². The van der Waals surface area contributed by atoms with Crippen molar-refractivity contribution in [1.82, 2.24) is 4.31 Å². The highest BCUT2D eigenvalue weighted by atomic mass is 32.2. The molecule has 3 heteroatoms. The van der Waals surface area contributed by atoms with Gasteiger partial charge in [0, 0.05) is 6.54 Å². The number of thiol groups is 1. The highest BCUT2D eigenvalue weighted by Gasteiger charge is 1.80. The lowest BCUT2D eigenvalue weighted by Gasteiger charge is -1.98. The number of nitrogens with zero attached hydrogens (tertiary/aromatic N) is 1. The van der Waals surface area contributed by atoms with Gasteiger partial charge in [0.1, 0.15) is 0 Å². The van der Waals surface area contributed by atoms with Gasteiger partial charge in [-0.05, 0) is 7.05 Å². The lowest BCUT2D eigenvalue weighted by molar-refractivity contribution is 0.563. The lowest BCUT2D eigenvalue weighted by atomic mass is 10.8. The number of hydrogen-bond donors (Lipinski definition) is 1. The third kappa shape index (κ3) is 2.35. The summed E-state index contributed by atoms with van der Waals surface area (Å²) in [5, 5.41) is 0. The largest absolute Gasteiger partial charge is 0.246 e. The van der Waals surface area contributed by atoms with Crippen LogP contribution in [0.1, 0.15) is 6.92 Å². The fourth-order valence-corrected chi connectivity index (χ4v) is 0.173. The Morgan fingerprint density at radius 3 is 2.33 bits per heavy atom. The molecule has 0 aliphatic heterocycles. The molecule has 0 unspecified atom stereocenters. The molecule has 0 aliphatic rings. The van der Waals surface area contributed by atoms with Crippen molar-refractivity contribution in [1.29, 1.82) is 0 Å². The van der Waals surface area contributed by atoms with Crippen LogP contribution in [0, 0.1) is 0 Å². The summed E-state index contributed by atoms with van der Waals surface area (Å²) in [6.07, 6.45) is 0. The second kappa shape index (κ2) is 3.31. The highest BCUT2D eigenvalue weighted by Crippen LogP contribution is 1.70. The molecule has 0 heterocycles. The summed E-state index contributed by atoms with van der Waals surface area (Å²) in [6, 6.07) is 0. The van der Waals surface area contributed by atoms with Crippen LogP contribution in [0.4, 0.5) is 0 Å². The van der Waals surface area contributed by atoms with Gasteiger partial charge in [0.15, 0.2) is 0 Å². The Bertz CT molecular complexity index is 48.1. The zero-order valence-corrected chi connectivity index (χ0v) is 4.90. The minimum absolute atomic E-state index is 0.111. The molecule has 0 atom stereocenters. The molecule has 2 nitrogen and oxygen atoms in total. The van der Waals surface area contributed by atoms with Crippen LogP contribution in [0.2, 0.25) is 0 Å². The van der Waals surface area contributed by atoms with E-state index in [1.54, 1.807) is 11.4 Å². The third-order valence-electron chi connectivity index (χ3n) is 0.597. The molecule has 0 N–H and O–H groups in total. The summed E-state index contributed by atoms with van der Waals surface area (Å²) in [5.74, 6) is 0. The Morgan fingerprint density at radius 2 is 2.33 bits per heavy atom. The van der Waals surface area contributed by atoms with Crippen LogP contribution in [0.5, 0.6) is 0 Å². The van der Waals surface area contributed by atoms with Crippen LogP contribution in [0.3, 0.4) is 0 Å². The van der Waals surface area contributed by atoms with Gasteiger partial charge in [-0.15, -0.1) is 0 Å². The van der Waals surface area contributed by atoms with E-state index in [9.17, 15) is 4.21 Å². The minimum atomic E-state index is 0.111. The molecule has 0 aromatic carbocycles. The van der Waals surface area contributed by atoms with Crippen LogP contribution in [0.25, 0.3) is 0 Å². The van der Waals surface area contributed by atoms with Crippen molar-refractivity contribution >= 4 is 11.9 Å². The van der Waals surface area contributed by atoms with E-state index in [1.165, 1.54) is 0 Å². The molecular weight excluding hydrogens is 98.1 g/mol. The summed E-state index contributed by atoms with van der Waals surface area (Å²) in [4.78, 5) is 0. The highest BCUT2D eigenvalue weighted by molar-refractivity contribution is 7.62. The first kappa shape index (κ1) is 6.11. The van der Waals surface area contributed by atoms with Crippen molar-refractivity contribution in [3.05, 3.63) is 0 Å². The second-order valence-electron chi connectivity index (χ2n) is 1.06. The molecule has 0 aromatic rings. The zero-order valence-electron chi connectivity index (χ0n) is 4.01. The van der Waals surface area contributed by atoms with Crippen molar-refractivity contribution in [3.8, 4) is 0 Å². The predicted molar refractivity (Wildman–Crippen MR) is 27.8 cm³/mol. The second-order valence-corrected chi connectivity index (χ2v) is 1.90. The van der Waals surface area contributed by atoms with Crippen molar-refractivity contribution in [2.75, 3.05) is 13.6 Å². The molecule has 0 aliphatic carbocycles. The van der Waals surface area contributed by atoms with Crippen LogP contribution >= 0.6 is 0 Å². The average molecular weight is 107 g/mol. The van der Waals surface area contributed by atoms with E-state index in [1.807, 2.05) is 6.92 Å². The van der Waals surface area contributed by atoms with E-state index in [-0.39, 0.29) is 11.9 Å². The first-order valence-corrected chi connectivity index (χ1v) is 2.62. The van der Waals surface area contributed by atoms with Gasteiger partial charge in [0.2, 0.25) is 0 Å². The van der Waals surface area contributed by atoms with Crippen LogP contribution in [-0.4, -0.2) is 22.1 Å². The molecule has 0 radical (unpaired) electrons. The van der Waals surface area contributed by atoms with E-state index in [2.05, 4.69) is 0 Å². The SMILES string of the molecule is CCN(C)[SH]=O. The van der Waals surface area contributed by atoms with E-state index < -0.39 is 0 Å². The molecule has 0 saturated carbocycles. The van der Waals surface area contributed by atoms with Gasteiger partial charge in [-0.2, -0.15) is 0 Å². The minimum Gasteiger partial charge on any atom is -0.246 e. The summed E-state index contributed by atoms with van der Waals surface area (Å²) in [6.45, 7) is 2.79. The fourth-order valence-electron chi connectivity index (χ4n) is 0.0577. The molecule has 0 saturated heterocycles. The molecule has 0 aromatic heterocycles. The molecule has 6 heavy (non-hydrogen) atoms. The smallest absolute Gasteiger partial charge is 0.0805 e. The fraction of sp³-hybridized carbons (Fsp3) is 1.00. The third-order valence-corrected chi connectivity index (χ3v) is 1.16. The molecule has 38 valence electrons. The summed E-state index contributed by atoms with van der Waals surface area (Å²) in [7, 11) is 1.79. The first-order chi connectivity index (χ1) is 2.81. The molecule has 0 spiro atoms. The van der Waals surface area contributed by atoms with Gasteiger partial charge < -0.3 is 0 Å². The first-order valence-electron chi connectivity index (χ1n) is 1.85. The maximum Gasteiger partial charge on any atom is 0.0805 e. The predicted octanol–water partition coefficient (Wildman–Crippen LogP) is -0.202. The van der Waals surface area contributed by atoms with E-state index >= 15 is 0 Å². The summed E-state index contributed by atoms with van der Waals surface area (Å²) < 4.78 is 11.4. The number of hydrogen-bond acceptors (Lipinski definition) is 1. The van der Waals surface area contributed by atoms with E-state index in [0.29, 0.717) is 0 Å². The van der Waals surface area contributed by atoms with Crippen molar-refractivity contribution < 1.29 is 4.21 Å². The van der Waals surface area contributed by atoms with Gasteiger partial charge in [-0.25, -0.2) is 8.51 Å². The summed E-state index contributed by atoms with van der Waals surface area (Å²) >= 11 is 0.111. The average Bonchev–Trinajstić information content (AvgIpc) is 1.65. The Kier molecular flexibility index (Phi) is 3.37. The van der Waals surface area contributed by atoms with Crippen LogP contribution < -0.4 is 0 Å². The molecule has 0 rings (SSSR count). The van der Waals surface area contributed by atoms with Crippen molar-refractivity contribution in [3.63, 3.8) is 0 Å². The van der Waals surface area contributed by atoms with Crippen LogP contribution in [-0.2, 0) is 11.9 Å². The van der Waals surface area contributed by atoms with Crippen molar-refractivity contribution in [2.45, 2.75) is 6.92 Å². The monoisotopic (exact) mass is 107 g/mol. The standard InChI is InChI=1S/C3H9NOS/c1-3-4(2)6-5/h6H,3H2,1-2H3. The van der Waals surface area contributed by atoms with Gasteiger partial charge in [-0.3, -0.25) is 0 Å². The Labute approximate surface area is 41.8 Å². The van der Waals surface area contributed by atoms with Gasteiger partial charge in [0.05, 0.1) is 11.9 Å². The molecular formula is C3H9NOS. The number of rotatable bonds is 2. The van der Waals surface area contributed by atoms with E-state index in [4.69, 9.17) is 0 Å². The Balaban J connectivity index is 2.96. The van der Waals surface area contributed by atoms with Crippen molar-refractivity contribution in [2.24, 2.45) is 0 Å². The van der Waals surface area contributed by atoms with E-state index in [0.717, 1.165) is 6.54 Å². The van der Waals surface area contributed by atoms with Gasteiger partial charge in [-0.1, -0.05) is 6.92 Å². The normalized spacial score (nSPS) is 9.83. The Morgan fingerprint density at radius 1 is 1.83 bits per heavy atom. The molecule has 0 fully saturated rings. The molecule has 0 amide bonds.